The molecule has 20 heavy (non-hydrogen) atoms. The van der Waals surface area contributed by atoms with Crippen LogP contribution in [0.2, 0.25) is 0 Å². The molecule has 6 nitrogen and oxygen atoms in total. The number of benzene rings is 1. The van der Waals surface area contributed by atoms with Crippen LogP contribution in [0.5, 0.6) is 0 Å². The fourth-order valence-electron chi connectivity index (χ4n) is 2.01. The van der Waals surface area contributed by atoms with Crippen molar-refractivity contribution in [2.75, 3.05) is 5.73 Å². The molecule has 0 spiro atoms. The van der Waals surface area contributed by atoms with Crippen molar-refractivity contribution in [1.82, 2.24) is 9.88 Å². The summed E-state index contributed by atoms with van der Waals surface area (Å²) in [6, 6.07) is 4.22. The lowest BCUT2D eigenvalue weighted by atomic mass is 10.1. The molecule has 3 N–H and O–H groups in total. The van der Waals surface area contributed by atoms with Crippen molar-refractivity contribution in [3.05, 3.63) is 28.7 Å². The van der Waals surface area contributed by atoms with E-state index in [4.69, 9.17) is 10.2 Å². The number of amides is 1. The van der Waals surface area contributed by atoms with Crippen molar-refractivity contribution in [1.29, 1.82) is 0 Å². The molecule has 108 valence electrons. The van der Waals surface area contributed by atoms with Gasteiger partial charge in [0.1, 0.15) is 6.04 Å². The first-order chi connectivity index (χ1) is 9.19. The molecule has 0 fully saturated rings. The molecule has 1 aromatic carbocycles. The third-order valence-electron chi connectivity index (χ3n) is 2.90. The second kappa shape index (κ2) is 4.70. The Morgan fingerprint density at radius 2 is 2.05 bits per heavy atom. The van der Waals surface area contributed by atoms with Gasteiger partial charge in [0.25, 0.3) is 0 Å². The first-order valence-corrected chi connectivity index (χ1v) is 6.41. The molecule has 1 heterocycles. The van der Waals surface area contributed by atoms with Gasteiger partial charge in [-0.2, -0.15) is 0 Å². The Bertz CT molecular complexity index is 707. The van der Waals surface area contributed by atoms with E-state index in [2.05, 4.69) is 5.32 Å². The van der Waals surface area contributed by atoms with Crippen molar-refractivity contribution in [3.8, 4) is 0 Å². The zero-order chi connectivity index (χ0) is 15.1. The van der Waals surface area contributed by atoms with E-state index in [1.54, 1.807) is 25.1 Å². The van der Waals surface area contributed by atoms with E-state index in [0.29, 0.717) is 16.8 Å². The Morgan fingerprint density at radius 3 is 2.65 bits per heavy atom. The molecule has 1 atom stereocenters. The topological polar surface area (TPSA) is 90.3 Å². The van der Waals surface area contributed by atoms with Crippen LogP contribution in [0.15, 0.2) is 27.4 Å². The Balaban J connectivity index is 2.47. The largest absolute Gasteiger partial charge is 0.420 e. The molecule has 2 rings (SSSR count). The second-order valence-electron chi connectivity index (χ2n) is 5.88. The molecular weight excluding hydrogens is 258 g/mol. The molecule has 0 bridgehead atoms. The normalized spacial score (nSPS) is 13.4. The predicted octanol–water partition coefficient (Wildman–Crippen LogP) is 1.65. The standard InChI is InChI=1S/C14H19N3O3/c1-8(12(18)16-14(2,3)4)17-10-7-9(15)5-6-11(10)20-13(17)19/h5-8H,15H2,1-4H3,(H,16,18). The highest BCUT2D eigenvalue weighted by molar-refractivity contribution is 5.84. The molecule has 1 aromatic heterocycles. The molecule has 0 saturated heterocycles. The van der Waals surface area contributed by atoms with E-state index >= 15 is 0 Å². The third-order valence-corrected chi connectivity index (χ3v) is 2.90. The Labute approximate surface area is 116 Å². The zero-order valence-corrected chi connectivity index (χ0v) is 12.1. The maximum atomic E-state index is 12.2. The molecule has 0 aliphatic heterocycles. The number of anilines is 1. The first kappa shape index (κ1) is 14.2. The van der Waals surface area contributed by atoms with Gasteiger partial charge in [0.2, 0.25) is 5.91 Å². The van der Waals surface area contributed by atoms with Gasteiger partial charge in [-0.25, -0.2) is 4.79 Å². The molecule has 6 heteroatoms. The van der Waals surface area contributed by atoms with E-state index < -0.39 is 11.8 Å². The van der Waals surface area contributed by atoms with Crippen LogP contribution in [0.1, 0.15) is 33.7 Å². The lowest BCUT2D eigenvalue weighted by Gasteiger charge is -2.23. The van der Waals surface area contributed by atoms with E-state index in [0.717, 1.165) is 0 Å². The van der Waals surface area contributed by atoms with Crippen LogP contribution in [0.3, 0.4) is 0 Å². The summed E-state index contributed by atoms with van der Waals surface area (Å²) in [5, 5.41) is 2.84. The quantitative estimate of drug-likeness (QED) is 0.817. The number of hydrogen-bond donors (Lipinski definition) is 2. The van der Waals surface area contributed by atoms with Gasteiger partial charge in [0.15, 0.2) is 5.58 Å². The number of nitrogens with two attached hydrogens (primary N) is 1. The molecular formula is C14H19N3O3. The van der Waals surface area contributed by atoms with Gasteiger partial charge in [0.05, 0.1) is 5.52 Å². The fraction of sp³-hybridized carbons (Fsp3) is 0.429. The number of carbonyl (C=O) groups is 1. The van der Waals surface area contributed by atoms with Gasteiger partial charge in [-0.15, -0.1) is 0 Å². The lowest BCUT2D eigenvalue weighted by molar-refractivity contribution is -0.125. The Kier molecular flexibility index (Phi) is 3.33. The summed E-state index contributed by atoms with van der Waals surface area (Å²) in [6.07, 6.45) is 0. The Hall–Kier alpha value is -2.24. The van der Waals surface area contributed by atoms with E-state index in [1.807, 2.05) is 20.8 Å². The van der Waals surface area contributed by atoms with Gasteiger partial charge in [0, 0.05) is 11.2 Å². The number of nitrogen functional groups attached to an aromatic ring is 1. The van der Waals surface area contributed by atoms with Crippen molar-refractivity contribution in [3.63, 3.8) is 0 Å². The highest BCUT2D eigenvalue weighted by atomic mass is 16.4. The number of aromatic nitrogens is 1. The number of nitrogens with zero attached hydrogens (tertiary/aromatic N) is 1. The average Bonchev–Trinajstić information content (AvgIpc) is 2.61. The second-order valence-corrected chi connectivity index (χ2v) is 5.88. The first-order valence-electron chi connectivity index (χ1n) is 6.41. The summed E-state index contributed by atoms with van der Waals surface area (Å²) in [5.74, 6) is -0.813. The number of oxazole rings is 1. The molecule has 2 aromatic rings. The number of hydrogen-bond acceptors (Lipinski definition) is 4. The lowest BCUT2D eigenvalue weighted by Crippen LogP contribution is -2.44. The number of carbonyl (C=O) groups excluding carboxylic acids is 1. The summed E-state index contributed by atoms with van der Waals surface area (Å²) in [4.78, 5) is 24.1. The molecule has 1 amide bonds. The zero-order valence-electron chi connectivity index (χ0n) is 12.1. The smallest absolute Gasteiger partial charge is 0.408 e. The van der Waals surface area contributed by atoms with Crippen molar-refractivity contribution in [2.45, 2.75) is 39.3 Å². The van der Waals surface area contributed by atoms with E-state index in [9.17, 15) is 9.59 Å². The maximum absolute atomic E-state index is 12.2. The molecule has 0 saturated carbocycles. The average molecular weight is 277 g/mol. The minimum Gasteiger partial charge on any atom is -0.408 e. The third kappa shape index (κ3) is 2.68. The SMILES string of the molecule is CC(C(=O)NC(C)(C)C)n1c(=O)oc2ccc(N)cc21. The monoisotopic (exact) mass is 277 g/mol. The van der Waals surface area contributed by atoms with Crippen LogP contribution < -0.4 is 16.8 Å². The van der Waals surface area contributed by atoms with Gasteiger partial charge in [-0.1, -0.05) is 0 Å². The van der Waals surface area contributed by atoms with Gasteiger partial charge in [-0.3, -0.25) is 9.36 Å². The molecule has 0 aliphatic carbocycles. The van der Waals surface area contributed by atoms with Crippen LogP contribution in [0.25, 0.3) is 11.1 Å². The van der Waals surface area contributed by atoms with Crippen molar-refractivity contribution in [2.24, 2.45) is 0 Å². The Morgan fingerprint density at radius 1 is 1.40 bits per heavy atom. The molecule has 0 aliphatic rings. The van der Waals surface area contributed by atoms with Crippen LogP contribution in [-0.2, 0) is 4.79 Å². The summed E-state index contributed by atoms with van der Waals surface area (Å²) in [6.45, 7) is 7.30. The molecule has 1 unspecified atom stereocenters. The highest BCUT2D eigenvalue weighted by Crippen LogP contribution is 2.20. The maximum Gasteiger partial charge on any atom is 0.420 e. The van der Waals surface area contributed by atoms with Gasteiger partial charge >= 0.3 is 5.76 Å². The van der Waals surface area contributed by atoms with Crippen LogP contribution in [0.4, 0.5) is 5.69 Å². The summed E-state index contributed by atoms with van der Waals surface area (Å²) in [5.41, 5.74) is 6.80. The van der Waals surface area contributed by atoms with Gasteiger partial charge in [-0.05, 0) is 45.9 Å². The summed E-state index contributed by atoms with van der Waals surface area (Å²) >= 11 is 0. The van der Waals surface area contributed by atoms with Crippen LogP contribution in [-0.4, -0.2) is 16.0 Å². The predicted molar refractivity (Wildman–Crippen MR) is 77.5 cm³/mol. The minimum absolute atomic E-state index is 0.246. The highest BCUT2D eigenvalue weighted by Gasteiger charge is 2.24. The van der Waals surface area contributed by atoms with Crippen molar-refractivity contribution < 1.29 is 9.21 Å². The molecule has 0 radical (unpaired) electrons. The fourth-order valence-corrected chi connectivity index (χ4v) is 2.01. The number of fused-ring (bicyclic) bond motifs is 1. The summed E-state index contributed by atoms with van der Waals surface area (Å²) < 4.78 is 6.44. The van der Waals surface area contributed by atoms with Gasteiger partial charge < -0.3 is 15.5 Å². The minimum atomic E-state index is -0.676. The van der Waals surface area contributed by atoms with Crippen LogP contribution >= 0.6 is 0 Å². The van der Waals surface area contributed by atoms with E-state index in [-0.39, 0.29) is 11.4 Å². The number of nitrogens with one attached hydrogen (secondary N) is 1. The van der Waals surface area contributed by atoms with Crippen molar-refractivity contribution >= 4 is 22.7 Å². The van der Waals surface area contributed by atoms with E-state index in [1.165, 1.54) is 4.57 Å². The van der Waals surface area contributed by atoms with Crippen LogP contribution in [0, 0.1) is 0 Å². The number of rotatable bonds is 2. The summed E-state index contributed by atoms with van der Waals surface area (Å²) in [7, 11) is 0.